The number of alkyl halides is 3. The number of nitrogens with zero attached hydrogens (tertiary/aromatic N) is 1. The molecule has 2 rings (SSSR count). The highest BCUT2D eigenvalue weighted by molar-refractivity contribution is 5.59. The van der Waals surface area contributed by atoms with Crippen LogP contribution in [-0.2, 0) is 6.18 Å². The average Bonchev–Trinajstić information content (AvgIpc) is 2.30. The number of benzene rings is 1. The average molecular weight is 238 g/mol. The number of aromatic nitrogens is 1. The predicted molar refractivity (Wildman–Crippen MR) is 59.0 cm³/mol. The maximum Gasteiger partial charge on any atom is 0.419 e. The zero-order valence-electron chi connectivity index (χ0n) is 8.70. The first-order chi connectivity index (χ1) is 8.07. The molecule has 0 aliphatic carbocycles. The molecule has 1 aromatic carbocycles. The van der Waals surface area contributed by atoms with Crippen molar-refractivity contribution in [3.63, 3.8) is 0 Å². The van der Waals surface area contributed by atoms with Crippen molar-refractivity contribution in [1.29, 1.82) is 0 Å². The minimum absolute atomic E-state index is 0.189. The fraction of sp³-hybridized carbons (Fsp3) is 0.0833. The molecule has 88 valence electrons. The second-order valence-corrected chi connectivity index (χ2v) is 3.39. The van der Waals surface area contributed by atoms with Crippen LogP contribution in [0.1, 0.15) is 5.56 Å². The summed E-state index contributed by atoms with van der Waals surface area (Å²) in [5, 5.41) is 2.65. The lowest BCUT2D eigenvalue weighted by Gasteiger charge is -2.12. The summed E-state index contributed by atoms with van der Waals surface area (Å²) in [6, 6.07) is 10.9. The summed E-state index contributed by atoms with van der Waals surface area (Å²) < 4.78 is 38.0. The molecule has 0 saturated carbocycles. The lowest BCUT2D eigenvalue weighted by molar-refractivity contribution is -0.137. The number of rotatable bonds is 2. The summed E-state index contributed by atoms with van der Waals surface area (Å²) in [5.74, 6) is -0.189. The number of anilines is 2. The molecule has 0 amide bonds. The van der Waals surface area contributed by atoms with Gasteiger partial charge in [-0.2, -0.15) is 13.2 Å². The summed E-state index contributed by atoms with van der Waals surface area (Å²) >= 11 is 0. The monoisotopic (exact) mass is 238 g/mol. The van der Waals surface area contributed by atoms with Gasteiger partial charge in [0, 0.05) is 11.9 Å². The molecule has 17 heavy (non-hydrogen) atoms. The van der Waals surface area contributed by atoms with E-state index < -0.39 is 11.7 Å². The molecule has 0 unspecified atom stereocenters. The molecule has 2 nitrogen and oxygen atoms in total. The fourth-order valence-corrected chi connectivity index (χ4v) is 1.39. The molecule has 5 heteroatoms. The van der Waals surface area contributed by atoms with Gasteiger partial charge in [-0.25, -0.2) is 4.98 Å². The molecule has 0 saturated heterocycles. The van der Waals surface area contributed by atoms with Crippen LogP contribution in [0.15, 0.2) is 48.7 Å². The van der Waals surface area contributed by atoms with E-state index in [-0.39, 0.29) is 5.82 Å². The molecule has 1 heterocycles. The van der Waals surface area contributed by atoms with Crippen LogP contribution in [0.3, 0.4) is 0 Å². The quantitative estimate of drug-likeness (QED) is 0.859. The SMILES string of the molecule is FC(F)(F)c1cccnc1Nc1ccccc1. The number of para-hydroxylation sites is 1. The molecule has 1 aromatic heterocycles. The molecule has 1 N–H and O–H groups in total. The van der Waals surface area contributed by atoms with Gasteiger partial charge in [-0.15, -0.1) is 0 Å². The molecule has 0 atom stereocenters. The fourth-order valence-electron chi connectivity index (χ4n) is 1.39. The smallest absolute Gasteiger partial charge is 0.340 e. The van der Waals surface area contributed by atoms with Crippen molar-refractivity contribution in [3.8, 4) is 0 Å². The summed E-state index contributed by atoms with van der Waals surface area (Å²) in [7, 11) is 0. The molecule has 0 fully saturated rings. The maximum absolute atomic E-state index is 12.7. The van der Waals surface area contributed by atoms with Crippen molar-refractivity contribution >= 4 is 11.5 Å². The van der Waals surface area contributed by atoms with Gasteiger partial charge in [0.1, 0.15) is 5.82 Å². The second kappa shape index (κ2) is 4.45. The first kappa shape index (κ1) is 11.4. The standard InChI is InChI=1S/C12H9F3N2/c13-12(14,15)10-7-4-8-16-11(10)17-9-5-2-1-3-6-9/h1-8H,(H,16,17). The Hall–Kier alpha value is -2.04. The minimum Gasteiger partial charge on any atom is -0.340 e. The highest BCUT2D eigenvalue weighted by atomic mass is 19.4. The zero-order valence-corrected chi connectivity index (χ0v) is 8.70. The van der Waals surface area contributed by atoms with E-state index in [4.69, 9.17) is 0 Å². The second-order valence-electron chi connectivity index (χ2n) is 3.39. The van der Waals surface area contributed by atoms with Crippen molar-refractivity contribution in [2.75, 3.05) is 5.32 Å². The van der Waals surface area contributed by atoms with Gasteiger partial charge < -0.3 is 5.32 Å². The van der Waals surface area contributed by atoms with Crippen molar-refractivity contribution < 1.29 is 13.2 Å². The van der Waals surface area contributed by atoms with Crippen molar-refractivity contribution in [1.82, 2.24) is 4.98 Å². The van der Waals surface area contributed by atoms with Crippen LogP contribution in [0.5, 0.6) is 0 Å². The van der Waals surface area contributed by atoms with E-state index in [1.807, 2.05) is 0 Å². The topological polar surface area (TPSA) is 24.9 Å². The van der Waals surface area contributed by atoms with E-state index in [0.717, 1.165) is 6.07 Å². The third-order valence-corrected chi connectivity index (χ3v) is 2.15. The zero-order chi connectivity index (χ0) is 12.3. The van der Waals surface area contributed by atoms with Gasteiger partial charge in [0.05, 0.1) is 5.56 Å². The summed E-state index contributed by atoms with van der Waals surface area (Å²) in [4.78, 5) is 3.71. The lowest BCUT2D eigenvalue weighted by Crippen LogP contribution is -2.09. The lowest BCUT2D eigenvalue weighted by atomic mass is 10.2. The van der Waals surface area contributed by atoms with Gasteiger partial charge in [-0.1, -0.05) is 18.2 Å². The normalized spacial score (nSPS) is 11.2. The van der Waals surface area contributed by atoms with Gasteiger partial charge in [-0.05, 0) is 24.3 Å². The molecule has 0 radical (unpaired) electrons. The van der Waals surface area contributed by atoms with Gasteiger partial charge >= 0.3 is 6.18 Å². The first-order valence-corrected chi connectivity index (χ1v) is 4.91. The van der Waals surface area contributed by atoms with Crippen LogP contribution in [0.4, 0.5) is 24.7 Å². The Labute approximate surface area is 96.1 Å². The van der Waals surface area contributed by atoms with Crippen LogP contribution in [-0.4, -0.2) is 4.98 Å². The third kappa shape index (κ3) is 2.75. The van der Waals surface area contributed by atoms with Crippen molar-refractivity contribution in [2.24, 2.45) is 0 Å². The Morgan fingerprint density at radius 1 is 0.941 bits per heavy atom. The molecule has 0 aliphatic rings. The van der Waals surface area contributed by atoms with Crippen LogP contribution < -0.4 is 5.32 Å². The molecular weight excluding hydrogens is 229 g/mol. The summed E-state index contributed by atoms with van der Waals surface area (Å²) in [6.07, 6.45) is -3.09. The summed E-state index contributed by atoms with van der Waals surface area (Å²) in [5.41, 5.74) is -0.208. The van der Waals surface area contributed by atoms with Gasteiger partial charge in [0.2, 0.25) is 0 Å². The molecule has 0 bridgehead atoms. The molecule has 0 aliphatic heterocycles. The van der Waals surface area contributed by atoms with E-state index >= 15 is 0 Å². The number of hydrogen-bond donors (Lipinski definition) is 1. The number of pyridine rings is 1. The van der Waals surface area contributed by atoms with Crippen LogP contribution in [0.2, 0.25) is 0 Å². The van der Waals surface area contributed by atoms with E-state index in [9.17, 15) is 13.2 Å². The van der Waals surface area contributed by atoms with Crippen molar-refractivity contribution in [2.45, 2.75) is 6.18 Å². The predicted octanol–water partition coefficient (Wildman–Crippen LogP) is 3.84. The third-order valence-electron chi connectivity index (χ3n) is 2.15. The molecule has 0 spiro atoms. The molecular formula is C12H9F3N2. The number of nitrogens with one attached hydrogen (secondary N) is 1. The molecule has 2 aromatic rings. The van der Waals surface area contributed by atoms with Gasteiger partial charge in [0.25, 0.3) is 0 Å². The Bertz CT molecular complexity index is 495. The maximum atomic E-state index is 12.7. The highest BCUT2D eigenvalue weighted by Gasteiger charge is 2.34. The van der Waals surface area contributed by atoms with Crippen molar-refractivity contribution in [3.05, 3.63) is 54.2 Å². The van der Waals surface area contributed by atoms with Crippen LogP contribution in [0.25, 0.3) is 0 Å². The Morgan fingerprint density at radius 2 is 1.65 bits per heavy atom. The van der Waals surface area contributed by atoms with Gasteiger partial charge in [0.15, 0.2) is 0 Å². The van der Waals surface area contributed by atoms with E-state index in [0.29, 0.717) is 5.69 Å². The number of hydrogen-bond acceptors (Lipinski definition) is 2. The highest BCUT2D eigenvalue weighted by Crippen LogP contribution is 2.34. The van der Waals surface area contributed by atoms with E-state index in [1.54, 1.807) is 30.3 Å². The summed E-state index contributed by atoms with van der Waals surface area (Å²) in [6.45, 7) is 0. The first-order valence-electron chi connectivity index (χ1n) is 4.91. The van der Waals surface area contributed by atoms with E-state index in [2.05, 4.69) is 10.3 Å². The number of halogens is 3. The van der Waals surface area contributed by atoms with E-state index in [1.165, 1.54) is 12.3 Å². The van der Waals surface area contributed by atoms with Gasteiger partial charge in [-0.3, -0.25) is 0 Å². The van der Waals surface area contributed by atoms with Crippen LogP contribution >= 0.6 is 0 Å². The minimum atomic E-state index is -4.41. The Morgan fingerprint density at radius 3 is 2.29 bits per heavy atom. The Balaban J connectivity index is 2.34. The largest absolute Gasteiger partial charge is 0.419 e. The van der Waals surface area contributed by atoms with Crippen LogP contribution in [0, 0.1) is 0 Å². The Kier molecular flexibility index (Phi) is 2.99.